The van der Waals surface area contributed by atoms with Crippen LogP contribution in [0.2, 0.25) is 0 Å². The van der Waals surface area contributed by atoms with Crippen molar-refractivity contribution in [1.82, 2.24) is 10.9 Å². The summed E-state index contributed by atoms with van der Waals surface area (Å²) in [5.74, 6) is 0.396. The number of nitrogens with one attached hydrogen (secondary N) is 3. The van der Waals surface area contributed by atoms with E-state index in [9.17, 15) is 4.79 Å². The van der Waals surface area contributed by atoms with Gasteiger partial charge in [0.15, 0.2) is 5.11 Å². The lowest BCUT2D eigenvalue weighted by Gasteiger charge is -2.28. The Bertz CT molecular complexity index is 643. The monoisotopic (exact) mass is 405 g/mol. The van der Waals surface area contributed by atoms with E-state index < -0.39 is 5.97 Å². The Kier molecular flexibility index (Phi) is 8.06. The minimum atomic E-state index is -0.695. The first-order chi connectivity index (χ1) is 13.6. The van der Waals surface area contributed by atoms with Crippen LogP contribution in [0.4, 0.5) is 5.69 Å². The molecule has 0 amide bonds. The number of ether oxygens (including phenoxy) is 1. The molecule has 0 saturated carbocycles. The van der Waals surface area contributed by atoms with Gasteiger partial charge in [-0.25, -0.2) is 5.43 Å². The van der Waals surface area contributed by atoms with Crippen LogP contribution in [0.1, 0.15) is 51.4 Å². The Hall–Kier alpha value is -1.70. The maximum atomic E-state index is 10.6. The molecule has 154 valence electrons. The van der Waals surface area contributed by atoms with Crippen molar-refractivity contribution in [3.05, 3.63) is 30.3 Å². The number of hydrazine groups is 1. The van der Waals surface area contributed by atoms with Gasteiger partial charge in [0.25, 0.3) is 0 Å². The van der Waals surface area contributed by atoms with Crippen LogP contribution in [0.25, 0.3) is 0 Å². The highest BCUT2D eigenvalue weighted by Crippen LogP contribution is 2.45. The van der Waals surface area contributed by atoms with Crippen molar-refractivity contribution in [2.45, 2.75) is 63.6 Å². The smallest absolute Gasteiger partial charge is 0.303 e. The third-order valence-corrected chi connectivity index (χ3v) is 6.04. The first-order valence-corrected chi connectivity index (χ1v) is 10.8. The van der Waals surface area contributed by atoms with E-state index in [2.05, 4.69) is 16.2 Å². The van der Waals surface area contributed by atoms with Crippen molar-refractivity contribution in [3.8, 4) is 0 Å². The predicted molar refractivity (Wildman–Crippen MR) is 114 cm³/mol. The molecule has 2 aliphatic heterocycles. The van der Waals surface area contributed by atoms with Crippen LogP contribution >= 0.6 is 12.2 Å². The molecule has 2 aliphatic rings. The Balaban J connectivity index is 1.36. The summed E-state index contributed by atoms with van der Waals surface area (Å²) < 4.78 is 6.17. The highest BCUT2D eigenvalue weighted by Gasteiger charge is 2.47. The fourth-order valence-corrected chi connectivity index (χ4v) is 4.69. The van der Waals surface area contributed by atoms with Crippen LogP contribution in [-0.2, 0) is 9.53 Å². The Morgan fingerprint density at radius 2 is 1.79 bits per heavy atom. The number of carboxylic acids is 1. The molecule has 0 aliphatic carbocycles. The lowest BCUT2D eigenvalue weighted by atomic mass is 9.76. The van der Waals surface area contributed by atoms with Crippen molar-refractivity contribution in [2.75, 3.05) is 11.9 Å². The normalized spacial score (nSPS) is 25.6. The molecule has 2 heterocycles. The summed E-state index contributed by atoms with van der Waals surface area (Å²) >= 11 is 5.34. The van der Waals surface area contributed by atoms with Gasteiger partial charge >= 0.3 is 5.97 Å². The number of fused-ring (bicyclic) bond motifs is 2. The predicted octanol–water partition coefficient (Wildman–Crippen LogP) is 3.70. The van der Waals surface area contributed by atoms with E-state index in [0.717, 1.165) is 50.8 Å². The second-order valence-electron chi connectivity index (χ2n) is 7.79. The van der Waals surface area contributed by atoms with Gasteiger partial charge in [-0.3, -0.25) is 10.2 Å². The molecule has 1 aromatic rings. The molecule has 28 heavy (non-hydrogen) atoms. The Morgan fingerprint density at radius 3 is 2.54 bits per heavy atom. The number of rotatable bonds is 11. The lowest BCUT2D eigenvalue weighted by molar-refractivity contribution is -0.137. The number of carboxylic acid groups (broad SMARTS) is 1. The molecule has 0 spiro atoms. The fourth-order valence-electron chi connectivity index (χ4n) is 4.50. The van der Waals surface area contributed by atoms with E-state index in [1.54, 1.807) is 0 Å². The summed E-state index contributed by atoms with van der Waals surface area (Å²) in [5.41, 5.74) is 7.34. The maximum Gasteiger partial charge on any atom is 0.303 e. The largest absolute Gasteiger partial charge is 0.481 e. The molecule has 3 rings (SSSR count). The second kappa shape index (κ2) is 10.7. The number of hydrogen-bond acceptors (Lipinski definition) is 4. The molecule has 1 aromatic carbocycles. The number of anilines is 1. The van der Waals surface area contributed by atoms with E-state index >= 15 is 0 Å². The minimum Gasteiger partial charge on any atom is -0.481 e. The van der Waals surface area contributed by atoms with Crippen LogP contribution < -0.4 is 16.2 Å². The summed E-state index contributed by atoms with van der Waals surface area (Å²) in [6.07, 6.45) is 8.54. The Morgan fingerprint density at radius 1 is 1.07 bits per heavy atom. The van der Waals surface area contributed by atoms with Crippen LogP contribution in [0.5, 0.6) is 0 Å². The van der Waals surface area contributed by atoms with Gasteiger partial charge in [0, 0.05) is 24.6 Å². The summed E-state index contributed by atoms with van der Waals surface area (Å²) in [6.45, 7) is 0.835. The molecule has 6 nitrogen and oxygen atoms in total. The molecule has 4 unspecified atom stereocenters. The van der Waals surface area contributed by atoms with Gasteiger partial charge < -0.3 is 15.2 Å². The van der Waals surface area contributed by atoms with Crippen molar-refractivity contribution in [1.29, 1.82) is 0 Å². The quantitative estimate of drug-likeness (QED) is 0.254. The van der Waals surface area contributed by atoms with Gasteiger partial charge in [0.1, 0.15) is 0 Å². The average Bonchev–Trinajstić information content (AvgIpc) is 3.27. The van der Waals surface area contributed by atoms with Gasteiger partial charge in [-0.15, -0.1) is 0 Å². The highest BCUT2D eigenvalue weighted by molar-refractivity contribution is 7.80. The van der Waals surface area contributed by atoms with E-state index in [0.29, 0.717) is 29.2 Å². The third-order valence-electron chi connectivity index (χ3n) is 5.84. The topological polar surface area (TPSA) is 82.6 Å². The van der Waals surface area contributed by atoms with Gasteiger partial charge in [-0.1, -0.05) is 37.5 Å². The number of para-hydroxylation sites is 1. The maximum absolute atomic E-state index is 10.6. The average molecular weight is 406 g/mol. The van der Waals surface area contributed by atoms with Crippen LogP contribution in [0.3, 0.4) is 0 Å². The zero-order chi connectivity index (χ0) is 19.8. The number of hydrogen-bond donors (Lipinski definition) is 4. The number of carbonyl (C=O) groups is 1. The van der Waals surface area contributed by atoms with Crippen molar-refractivity contribution < 1.29 is 14.6 Å². The van der Waals surface area contributed by atoms with Crippen LogP contribution in [0, 0.1) is 11.8 Å². The van der Waals surface area contributed by atoms with E-state index in [4.69, 9.17) is 22.1 Å². The molecule has 7 heteroatoms. The standard InChI is InChI=1S/C21H31N3O3S/c25-20(26)11-7-2-1-6-10-16-17(19-13-12-18(16)27-19)14-22-24-21(28)23-15-8-4-3-5-9-15/h3-5,8-9,16-19,22H,1-2,6-7,10-14H2,(H,25,26)(H2,23,24,28). The molecule has 0 radical (unpaired) electrons. The zero-order valence-corrected chi connectivity index (χ0v) is 17.0. The van der Waals surface area contributed by atoms with Crippen molar-refractivity contribution >= 4 is 29.0 Å². The number of aliphatic carboxylic acids is 1. The summed E-state index contributed by atoms with van der Waals surface area (Å²) in [5, 5.41) is 12.4. The highest BCUT2D eigenvalue weighted by atomic mass is 32.1. The van der Waals surface area contributed by atoms with Gasteiger partial charge in [-0.05, 0) is 56.0 Å². The van der Waals surface area contributed by atoms with Gasteiger partial charge in [0.2, 0.25) is 0 Å². The third kappa shape index (κ3) is 6.15. The van der Waals surface area contributed by atoms with E-state index in [1.165, 1.54) is 6.42 Å². The van der Waals surface area contributed by atoms with Crippen molar-refractivity contribution in [3.63, 3.8) is 0 Å². The first kappa shape index (κ1) is 21.0. The van der Waals surface area contributed by atoms with E-state index in [-0.39, 0.29) is 6.42 Å². The molecule has 2 bridgehead atoms. The second-order valence-corrected chi connectivity index (χ2v) is 8.20. The molecule has 4 atom stereocenters. The van der Waals surface area contributed by atoms with Crippen LogP contribution in [0.15, 0.2) is 30.3 Å². The molecule has 4 N–H and O–H groups in total. The number of benzene rings is 1. The number of unbranched alkanes of at least 4 members (excludes halogenated alkanes) is 3. The number of thiocarbonyl (C=S) groups is 1. The fraction of sp³-hybridized carbons (Fsp3) is 0.619. The molecular formula is C21H31N3O3S. The molecule has 2 saturated heterocycles. The molecular weight excluding hydrogens is 374 g/mol. The van der Waals surface area contributed by atoms with Gasteiger partial charge in [0.05, 0.1) is 12.2 Å². The first-order valence-electron chi connectivity index (χ1n) is 10.4. The van der Waals surface area contributed by atoms with E-state index in [1.807, 2.05) is 30.3 Å². The SMILES string of the molecule is O=C(O)CCCCCCC1C2CCC(O2)C1CNNC(=S)Nc1ccccc1. The van der Waals surface area contributed by atoms with Gasteiger partial charge in [-0.2, -0.15) is 0 Å². The minimum absolute atomic E-state index is 0.284. The summed E-state index contributed by atoms with van der Waals surface area (Å²) in [4.78, 5) is 10.6. The summed E-state index contributed by atoms with van der Waals surface area (Å²) in [7, 11) is 0. The molecule has 0 aromatic heterocycles. The zero-order valence-electron chi connectivity index (χ0n) is 16.2. The molecule has 2 fully saturated rings. The Labute approximate surface area is 172 Å². The van der Waals surface area contributed by atoms with Crippen LogP contribution in [-0.4, -0.2) is 34.9 Å². The lowest BCUT2D eigenvalue weighted by Crippen LogP contribution is -2.45. The summed E-state index contributed by atoms with van der Waals surface area (Å²) in [6, 6.07) is 9.87. The van der Waals surface area contributed by atoms with Crippen molar-refractivity contribution in [2.24, 2.45) is 11.8 Å².